The SMILES string of the molecule is CC(C)CC(C#N)C(=O)c1cccc([N+](=O)[O-])c1. The van der Waals surface area contributed by atoms with Crippen LogP contribution >= 0.6 is 0 Å². The van der Waals surface area contributed by atoms with Gasteiger partial charge in [-0.15, -0.1) is 0 Å². The van der Waals surface area contributed by atoms with Gasteiger partial charge in [0.15, 0.2) is 5.78 Å². The van der Waals surface area contributed by atoms with E-state index in [1.54, 1.807) is 0 Å². The zero-order chi connectivity index (χ0) is 13.7. The molecule has 1 unspecified atom stereocenters. The monoisotopic (exact) mass is 246 g/mol. The lowest BCUT2D eigenvalue weighted by molar-refractivity contribution is -0.384. The van der Waals surface area contributed by atoms with E-state index >= 15 is 0 Å². The van der Waals surface area contributed by atoms with Gasteiger partial charge in [-0.1, -0.05) is 26.0 Å². The number of non-ortho nitro benzene ring substituents is 1. The molecule has 5 nitrogen and oxygen atoms in total. The third kappa shape index (κ3) is 3.39. The zero-order valence-electron chi connectivity index (χ0n) is 10.3. The van der Waals surface area contributed by atoms with Crippen LogP contribution in [0.25, 0.3) is 0 Å². The van der Waals surface area contributed by atoms with Crippen LogP contribution in [0.5, 0.6) is 0 Å². The Morgan fingerprint density at radius 1 is 1.50 bits per heavy atom. The average molecular weight is 246 g/mol. The Bertz CT molecular complexity index is 503. The number of carbonyl (C=O) groups excluding carboxylic acids is 1. The maximum absolute atomic E-state index is 12.0. The Balaban J connectivity index is 2.99. The minimum absolute atomic E-state index is 0.137. The van der Waals surface area contributed by atoms with Crippen LogP contribution in [-0.4, -0.2) is 10.7 Å². The van der Waals surface area contributed by atoms with Crippen molar-refractivity contribution in [1.29, 1.82) is 5.26 Å². The maximum atomic E-state index is 12.0. The van der Waals surface area contributed by atoms with Crippen molar-refractivity contribution in [3.8, 4) is 6.07 Å². The highest BCUT2D eigenvalue weighted by Crippen LogP contribution is 2.20. The molecule has 1 atom stereocenters. The fourth-order valence-electron chi connectivity index (χ4n) is 1.66. The molecule has 1 aromatic carbocycles. The van der Waals surface area contributed by atoms with Gasteiger partial charge in [-0.2, -0.15) is 5.26 Å². The molecule has 0 bridgehead atoms. The van der Waals surface area contributed by atoms with Crippen LogP contribution in [0.3, 0.4) is 0 Å². The van der Waals surface area contributed by atoms with Gasteiger partial charge in [-0.25, -0.2) is 0 Å². The molecule has 0 saturated carbocycles. The molecule has 5 heteroatoms. The first-order valence-corrected chi connectivity index (χ1v) is 5.64. The third-order valence-electron chi connectivity index (χ3n) is 2.52. The summed E-state index contributed by atoms with van der Waals surface area (Å²) in [6.07, 6.45) is 0.456. The second-order valence-electron chi connectivity index (χ2n) is 4.48. The van der Waals surface area contributed by atoms with Crippen LogP contribution in [0.15, 0.2) is 24.3 Å². The summed E-state index contributed by atoms with van der Waals surface area (Å²) in [4.78, 5) is 22.1. The number of carbonyl (C=O) groups is 1. The zero-order valence-corrected chi connectivity index (χ0v) is 10.3. The van der Waals surface area contributed by atoms with Crippen molar-refractivity contribution in [3.63, 3.8) is 0 Å². The van der Waals surface area contributed by atoms with Crippen LogP contribution < -0.4 is 0 Å². The summed E-state index contributed by atoms with van der Waals surface area (Å²) in [5.74, 6) is -0.876. The number of ketones is 1. The van der Waals surface area contributed by atoms with E-state index in [4.69, 9.17) is 5.26 Å². The number of nitro benzene ring substituents is 1. The van der Waals surface area contributed by atoms with E-state index in [1.165, 1.54) is 24.3 Å². The molecule has 0 radical (unpaired) electrons. The van der Waals surface area contributed by atoms with E-state index in [-0.39, 0.29) is 23.0 Å². The van der Waals surface area contributed by atoms with Gasteiger partial charge in [-0.3, -0.25) is 14.9 Å². The number of rotatable bonds is 5. The summed E-state index contributed by atoms with van der Waals surface area (Å²) < 4.78 is 0. The molecule has 0 aliphatic heterocycles. The Hall–Kier alpha value is -2.22. The average Bonchev–Trinajstić information content (AvgIpc) is 2.35. The first-order valence-electron chi connectivity index (χ1n) is 5.64. The van der Waals surface area contributed by atoms with Gasteiger partial charge in [0.05, 0.1) is 11.0 Å². The largest absolute Gasteiger partial charge is 0.293 e. The van der Waals surface area contributed by atoms with E-state index in [9.17, 15) is 14.9 Å². The maximum Gasteiger partial charge on any atom is 0.270 e. The van der Waals surface area contributed by atoms with Crippen LogP contribution in [0.1, 0.15) is 30.6 Å². The molecule has 0 heterocycles. The summed E-state index contributed by atoms with van der Waals surface area (Å²) >= 11 is 0. The van der Waals surface area contributed by atoms with Gasteiger partial charge in [0.1, 0.15) is 5.92 Å². The molecular weight excluding hydrogens is 232 g/mol. The van der Waals surface area contributed by atoms with Crippen LogP contribution in [-0.2, 0) is 0 Å². The molecule has 1 aromatic rings. The van der Waals surface area contributed by atoms with Crippen molar-refractivity contribution < 1.29 is 9.72 Å². The number of nitro groups is 1. The summed E-state index contributed by atoms with van der Waals surface area (Å²) in [5, 5.41) is 19.6. The third-order valence-corrected chi connectivity index (χ3v) is 2.52. The quantitative estimate of drug-likeness (QED) is 0.454. The Morgan fingerprint density at radius 2 is 2.17 bits per heavy atom. The van der Waals surface area contributed by atoms with Crippen LogP contribution in [0, 0.1) is 33.3 Å². The standard InChI is InChI=1S/C13H14N2O3/c1-9(2)6-11(8-14)13(16)10-4-3-5-12(7-10)15(17)18/h3-5,7,9,11H,6H2,1-2H3. The highest BCUT2D eigenvalue weighted by atomic mass is 16.6. The van der Waals surface area contributed by atoms with Crippen molar-refractivity contribution in [1.82, 2.24) is 0 Å². The summed E-state index contributed by atoms with van der Waals surface area (Å²) in [5.41, 5.74) is 0.0819. The van der Waals surface area contributed by atoms with Gasteiger partial charge in [-0.05, 0) is 12.3 Å². The minimum Gasteiger partial charge on any atom is -0.293 e. The number of benzene rings is 1. The first kappa shape index (κ1) is 13.8. The smallest absolute Gasteiger partial charge is 0.270 e. The number of hydrogen-bond donors (Lipinski definition) is 0. The second-order valence-corrected chi connectivity index (χ2v) is 4.48. The van der Waals surface area contributed by atoms with E-state index in [1.807, 2.05) is 19.9 Å². The lowest BCUT2D eigenvalue weighted by Crippen LogP contribution is -2.15. The Labute approximate surface area is 105 Å². The fraction of sp³-hybridized carbons (Fsp3) is 0.385. The van der Waals surface area contributed by atoms with Crippen molar-refractivity contribution in [2.24, 2.45) is 11.8 Å². The predicted molar refractivity (Wildman–Crippen MR) is 66.0 cm³/mol. The molecule has 94 valence electrons. The van der Waals surface area contributed by atoms with Gasteiger partial charge >= 0.3 is 0 Å². The molecule has 0 N–H and O–H groups in total. The van der Waals surface area contributed by atoms with E-state index in [2.05, 4.69) is 0 Å². The minimum atomic E-state index is -0.744. The molecule has 0 aliphatic carbocycles. The molecule has 0 spiro atoms. The Morgan fingerprint density at radius 3 is 2.67 bits per heavy atom. The molecule has 0 amide bonds. The number of hydrogen-bond acceptors (Lipinski definition) is 4. The van der Waals surface area contributed by atoms with Gasteiger partial charge < -0.3 is 0 Å². The summed E-state index contributed by atoms with van der Waals surface area (Å²) in [6, 6.07) is 7.45. The molecule has 1 rings (SSSR count). The first-order chi connectivity index (χ1) is 8.45. The second kappa shape index (κ2) is 5.92. The lowest BCUT2D eigenvalue weighted by Gasteiger charge is -2.10. The van der Waals surface area contributed by atoms with Gasteiger partial charge in [0.2, 0.25) is 0 Å². The molecular formula is C13H14N2O3. The van der Waals surface area contributed by atoms with Crippen molar-refractivity contribution >= 4 is 11.5 Å². The molecule has 0 fully saturated rings. The van der Waals surface area contributed by atoms with Gasteiger partial charge in [0, 0.05) is 17.7 Å². The van der Waals surface area contributed by atoms with Crippen molar-refractivity contribution in [3.05, 3.63) is 39.9 Å². The van der Waals surface area contributed by atoms with Crippen molar-refractivity contribution in [2.45, 2.75) is 20.3 Å². The summed E-state index contributed by atoms with van der Waals surface area (Å²) in [6.45, 7) is 3.84. The molecule has 0 aromatic heterocycles. The summed E-state index contributed by atoms with van der Waals surface area (Å²) in [7, 11) is 0. The Kier molecular flexibility index (Phi) is 4.55. The molecule has 0 aliphatic rings. The van der Waals surface area contributed by atoms with Crippen LogP contribution in [0.4, 0.5) is 5.69 Å². The van der Waals surface area contributed by atoms with E-state index in [0.29, 0.717) is 6.42 Å². The molecule has 18 heavy (non-hydrogen) atoms. The molecule has 0 saturated heterocycles. The number of nitrogens with zero attached hydrogens (tertiary/aromatic N) is 2. The fourth-order valence-corrected chi connectivity index (χ4v) is 1.66. The van der Waals surface area contributed by atoms with Gasteiger partial charge in [0.25, 0.3) is 5.69 Å². The van der Waals surface area contributed by atoms with E-state index < -0.39 is 10.8 Å². The highest BCUT2D eigenvalue weighted by Gasteiger charge is 2.22. The topological polar surface area (TPSA) is 84.0 Å². The van der Waals surface area contributed by atoms with Crippen LogP contribution in [0.2, 0.25) is 0 Å². The normalized spacial score (nSPS) is 11.9. The van der Waals surface area contributed by atoms with Crippen molar-refractivity contribution in [2.75, 3.05) is 0 Å². The lowest BCUT2D eigenvalue weighted by atomic mass is 9.91. The number of Topliss-reactive ketones (excluding diaryl/α,β-unsaturated/α-hetero) is 1. The highest BCUT2D eigenvalue weighted by molar-refractivity contribution is 5.99. The predicted octanol–water partition coefficient (Wildman–Crippen LogP) is 2.96. The van der Waals surface area contributed by atoms with E-state index in [0.717, 1.165) is 0 Å². The number of nitriles is 1.